The van der Waals surface area contributed by atoms with Crippen molar-refractivity contribution >= 4 is 23.7 Å². The van der Waals surface area contributed by atoms with Crippen LogP contribution in [0, 0.1) is 11.8 Å². The summed E-state index contributed by atoms with van der Waals surface area (Å²) in [4.78, 5) is 54.8. The number of carbonyl (C=O) groups excluding carboxylic acids is 2. The fraction of sp³-hybridized carbons (Fsp3) is 0.629. The van der Waals surface area contributed by atoms with Crippen molar-refractivity contribution < 1.29 is 29.0 Å². The van der Waals surface area contributed by atoms with Crippen LogP contribution in [-0.2, 0) is 14.9 Å². The predicted molar refractivity (Wildman–Crippen MR) is 180 cm³/mol. The first-order valence-electron chi connectivity index (χ1n) is 16.8. The minimum absolute atomic E-state index is 0.0134. The van der Waals surface area contributed by atoms with Gasteiger partial charge in [-0.3, -0.25) is 9.59 Å². The molecule has 1 aromatic heterocycles. The molecule has 12 heteroatoms. The minimum atomic E-state index is -1.10. The lowest BCUT2D eigenvalue weighted by Gasteiger charge is -2.43. The molecule has 2 atom stereocenters. The number of carboxylic acid groups (broad SMARTS) is 1. The number of nitrogens with zero attached hydrogens (tertiary/aromatic N) is 5. The standard InChI is InChI=1S/C35H52N6O6/c1-24(2)21-41(32(43)29-20-37-33(35(3,4)5)38-30(29)36-15-10-18-46-6)26-19-25(22-40(23-26)34(44)45)31(42)39-16-13-28(14-17-39)47-27-11-8-7-9-12-27/h7-9,11-12,20,24-26,28H,10,13-19,21-23H2,1-6H3,(H,44,45)(H,36,37,38)/t25-,26+/m1/s1. The molecule has 47 heavy (non-hydrogen) atoms. The van der Waals surface area contributed by atoms with Gasteiger partial charge >= 0.3 is 6.09 Å². The Morgan fingerprint density at radius 2 is 1.79 bits per heavy atom. The van der Waals surface area contributed by atoms with Crippen LogP contribution < -0.4 is 10.1 Å². The summed E-state index contributed by atoms with van der Waals surface area (Å²) in [6.07, 6.45) is 2.98. The third kappa shape index (κ3) is 9.79. The van der Waals surface area contributed by atoms with Gasteiger partial charge in [0.2, 0.25) is 5.91 Å². The number of hydrogen-bond donors (Lipinski definition) is 2. The number of aromatic nitrogens is 2. The second-order valence-corrected chi connectivity index (χ2v) is 14.1. The van der Waals surface area contributed by atoms with Gasteiger partial charge in [0.25, 0.3) is 5.91 Å². The first-order chi connectivity index (χ1) is 22.4. The summed E-state index contributed by atoms with van der Waals surface area (Å²) in [6, 6.07) is 9.17. The molecule has 1 aromatic carbocycles. The normalized spacial score (nSPS) is 19.0. The highest BCUT2D eigenvalue weighted by Crippen LogP contribution is 2.29. The van der Waals surface area contributed by atoms with Gasteiger partial charge < -0.3 is 34.6 Å². The molecule has 3 heterocycles. The van der Waals surface area contributed by atoms with Crippen molar-refractivity contribution in [1.29, 1.82) is 0 Å². The van der Waals surface area contributed by atoms with Crippen molar-refractivity contribution in [3.63, 3.8) is 0 Å². The van der Waals surface area contributed by atoms with E-state index in [0.717, 1.165) is 12.2 Å². The number of para-hydroxylation sites is 1. The van der Waals surface area contributed by atoms with Gasteiger partial charge in [0, 0.05) is 77.4 Å². The maximum Gasteiger partial charge on any atom is 0.407 e. The second kappa shape index (κ2) is 16.3. The highest BCUT2D eigenvalue weighted by atomic mass is 16.5. The molecule has 0 aliphatic carbocycles. The van der Waals surface area contributed by atoms with Gasteiger partial charge in [-0.05, 0) is 30.9 Å². The Hall–Kier alpha value is -3.93. The van der Waals surface area contributed by atoms with Crippen LogP contribution in [-0.4, -0.2) is 113 Å². The van der Waals surface area contributed by atoms with E-state index in [1.54, 1.807) is 18.2 Å². The lowest BCUT2D eigenvalue weighted by molar-refractivity contribution is -0.139. The average molecular weight is 653 g/mol. The highest BCUT2D eigenvalue weighted by Gasteiger charge is 2.41. The molecule has 4 rings (SSSR count). The van der Waals surface area contributed by atoms with Gasteiger partial charge in [0.15, 0.2) is 0 Å². The van der Waals surface area contributed by atoms with E-state index in [-0.39, 0.29) is 42.3 Å². The maximum atomic E-state index is 14.4. The topological polar surface area (TPSA) is 137 Å². The summed E-state index contributed by atoms with van der Waals surface area (Å²) in [5, 5.41) is 13.4. The first kappa shape index (κ1) is 35.9. The molecular weight excluding hydrogens is 600 g/mol. The van der Waals surface area contributed by atoms with Gasteiger partial charge in [0.1, 0.15) is 29.1 Å². The van der Waals surface area contributed by atoms with Crippen molar-refractivity contribution in [2.24, 2.45) is 11.8 Å². The zero-order valence-electron chi connectivity index (χ0n) is 28.8. The Balaban J connectivity index is 1.54. The number of piperidine rings is 2. The largest absolute Gasteiger partial charge is 0.490 e. The summed E-state index contributed by atoms with van der Waals surface area (Å²) in [6.45, 7) is 12.9. The fourth-order valence-electron chi connectivity index (χ4n) is 6.18. The Morgan fingerprint density at radius 1 is 1.09 bits per heavy atom. The number of amides is 3. The smallest absolute Gasteiger partial charge is 0.407 e. The average Bonchev–Trinajstić information content (AvgIpc) is 3.05. The molecule has 12 nitrogen and oxygen atoms in total. The van der Waals surface area contributed by atoms with Crippen LogP contribution in [0.15, 0.2) is 36.5 Å². The van der Waals surface area contributed by atoms with E-state index in [2.05, 4.69) is 10.3 Å². The number of likely N-dealkylation sites (tertiary alicyclic amines) is 2. The van der Waals surface area contributed by atoms with Crippen molar-refractivity contribution in [2.45, 2.75) is 77.9 Å². The number of nitrogens with one attached hydrogen (secondary N) is 1. The van der Waals surface area contributed by atoms with E-state index in [4.69, 9.17) is 14.5 Å². The van der Waals surface area contributed by atoms with Gasteiger partial charge in [-0.15, -0.1) is 0 Å². The van der Waals surface area contributed by atoms with Crippen LogP contribution in [0.25, 0.3) is 0 Å². The van der Waals surface area contributed by atoms with E-state index >= 15 is 0 Å². The Labute approximate surface area is 278 Å². The first-order valence-corrected chi connectivity index (χ1v) is 16.8. The molecule has 2 aliphatic rings. The number of hydrogen-bond acceptors (Lipinski definition) is 8. The van der Waals surface area contributed by atoms with Crippen LogP contribution in [0.5, 0.6) is 5.75 Å². The van der Waals surface area contributed by atoms with Crippen LogP contribution in [0.4, 0.5) is 10.6 Å². The molecule has 3 amide bonds. The third-order valence-electron chi connectivity index (χ3n) is 8.62. The molecular formula is C35H52N6O6. The lowest BCUT2D eigenvalue weighted by Crippen LogP contribution is -2.58. The van der Waals surface area contributed by atoms with E-state index in [9.17, 15) is 19.5 Å². The molecule has 2 aromatic rings. The maximum absolute atomic E-state index is 14.4. The Kier molecular flexibility index (Phi) is 12.4. The number of carbonyl (C=O) groups is 3. The Bertz CT molecular complexity index is 1340. The molecule has 2 aliphatic heterocycles. The van der Waals surface area contributed by atoms with Gasteiger partial charge in [-0.1, -0.05) is 52.8 Å². The van der Waals surface area contributed by atoms with Crippen molar-refractivity contribution in [2.75, 3.05) is 58.3 Å². The number of ether oxygens (including phenoxy) is 2. The van der Waals surface area contributed by atoms with Crippen LogP contribution >= 0.6 is 0 Å². The van der Waals surface area contributed by atoms with Gasteiger partial charge in [0.05, 0.1) is 12.0 Å². The zero-order valence-corrected chi connectivity index (χ0v) is 28.8. The Morgan fingerprint density at radius 3 is 2.40 bits per heavy atom. The monoisotopic (exact) mass is 652 g/mol. The zero-order chi connectivity index (χ0) is 34.1. The van der Waals surface area contributed by atoms with E-state index in [0.29, 0.717) is 69.3 Å². The summed E-state index contributed by atoms with van der Waals surface area (Å²) < 4.78 is 11.3. The minimum Gasteiger partial charge on any atom is -0.490 e. The number of methoxy groups -OCH3 is 1. The number of benzene rings is 1. The molecule has 2 saturated heterocycles. The molecule has 258 valence electrons. The number of anilines is 1. The molecule has 2 N–H and O–H groups in total. The van der Waals surface area contributed by atoms with Crippen molar-refractivity contribution in [1.82, 2.24) is 24.7 Å². The van der Waals surface area contributed by atoms with E-state index in [1.165, 1.54) is 4.90 Å². The summed E-state index contributed by atoms with van der Waals surface area (Å²) in [7, 11) is 1.65. The summed E-state index contributed by atoms with van der Waals surface area (Å²) in [5.41, 5.74) is -0.00430. The third-order valence-corrected chi connectivity index (χ3v) is 8.62. The summed E-state index contributed by atoms with van der Waals surface area (Å²) in [5.74, 6) is 1.04. The molecule has 0 radical (unpaired) electrons. The molecule has 0 bridgehead atoms. The van der Waals surface area contributed by atoms with Crippen molar-refractivity contribution in [3.05, 3.63) is 47.9 Å². The summed E-state index contributed by atoms with van der Waals surface area (Å²) >= 11 is 0. The quantitative estimate of drug-likeness (QED) is 0.311. The van der Waals surface area contributed by atoms with Gasteiger partial charge in [-0.25, -0.2) is 14.8 Å². The fourth-order valence-corrected chi connectivity index (χ4v) is 6.18. The predicted octanol–water partition coefficient (Wildman–Crippen LogP) is 4.76. The SMILES string of the molecule is COCCCNc1nc(C(C)(C)C)ncc1C(=O)N(CC(C)C)[C@H]1C[C@@H](C(=O)N2CCC(Oc3ccccc3)CC2)CN(C(=O)O)C1. The lowest BCUT2D eigenvalue weighted by atomic mass is 9.90. The molecule has 0 spiro atoms. The van der Waals surface area contributed by atoms with Crippen LogP contribution in [0.1, 0.15) is 76.5 Å². The molecule has 0 unspecified atom stereocenters. The van der Waals surface area contributed by atoms with E-state index < -0.39 is 18.1 Å². The molecule has 0 saturated carbocycles. The highest BCUT2D eigenvalue weighted by molar-refractivity contribution is 5.98. The van der Waals surface area contributed by atoms with Crippen LogP contribution in [0.2, 0.25) is 0 Å². The van der Waals surface area contributed by atoms with E-state index in [1.807, 2.05) is 69.9 Å². The molecule has 2 fully saturated rings. The van der Waals surface area contributed by atoms with Gasteiger partial charge in [-0.2, -0.15) is 0 Å². The van der Waals surface area contributed by atoms with Crippen LogP contribution in [0.3, 0.4) is 0 Å². The van der Waals surface area contributed by atoms with Crippen molar-refractivity contribution in [3.8, 4) is 5.75 Å². The second-order valence-electron chi connectivity index (χ2n) is 14.1. The number of rotatable bonds is 12.